The second-order valence-electron chi connectivity index (χ2n) is 3.95. The van der Waals surface area contributed by atoms with Crippen LogP contribution in [0.5, 0.6) is 0 Å². The zero-order chi connectivity index (χ0) is 12.5. The third-order valence-corrected chi connectivity index (χ3v) is 2.46. The molecule has 100 valence electrons. The normalized spacial score (nSPS) is 22.4. The van der Waals surface area contributed by atoms with Crippen LogP contribution < -0.4 is 5.73 Å². The smallest absolute Gasteiger partial charge is 0.239 e. The molecule has 6 heteroatoms. The van der Waals surface area contributed by atoms with Crippen LogP contribution in [0.15, 0.2) is 0 Å². The summed E-state index contributed by atoms with van der Waals surface area (Å²) in [6.45, 7) is 5.99. The quantitative estimate of drug-likeness (QED) is 0.657. The van der Waals surface area contributed by atoms with Crippen LogP contribution in [0.2, 0.25) is 0 Å². The van der Waals surface area contributed by atoms with Crippen LogP contribution in [0.4, 0.5) is 0 Å². The van der Waals surface area contributed by atoms with Crippen LogP contribution in [0.25, 0.3) is 0 Å². The van der Waals surface area contributed by atoms with Gasteiger partial charge in [0, 0.05) is 13.1 Å². The van der Waals surface area contributed by atoms with Crippen LogP contribution >= 0.6 is 0 Å². The summed E-state index contributed by atoms with van der Waals surface area (Å²) in [4.78, 5) is 13.5. The molecular formula is C11H22N2O4. The molecule has 0 aromatic heterocycles. The molecule has 1 aliphatic rings. The molecule has 1 aliphatic heterocycles. The van der Waals surface area contributed by atoms with Gasteiger partial charge in [-0.3, -0.25) is 4.79 Å². The predicted molar refractivity (Wildman–Crippen MR) is 62.7 cm³/mol. The first kappa shape index (κ1) is 14.4. The summed E-state index contributed by atoms with van der Waals surface area (Å²) in [7, 11) is 0. The maximum absolute atomic E-state index is 11.8. The van der Waals surface area contributed by atoms with Gasteiger partial charge in [0.05, 0.1) is 45.7 Å². The minimum Gasteiger partial charge on any atom is -0.377 e. The summed E-state index contributed by atoms with van der Waals surface area (Å²) in [5.74, 6) is -0.0643. The molecule has 1 atom stereocenters. The molecule has 0 bridgehead atoms. The molecule has 1 fully saturated rings. The van der Waals surface area contributed by atoms with E-state index in [0.29, 0.717) is 52.7 Å². The predicted octanol–water partition coefficient (Wildman–Crippen LogP) is -0.774. The molecule has 0 radical (unpaired) electrons. The van der Waals surface area contributed by atoms with E-state index in [0.717, 1.165) is 0 Å². The van der Waals surface area contributed by atoms with Gasteiger partial charge in [-0.1, -0.05) is 0 Å². The first-order valence-corrected chi connectivity index (χ1v) is 5.99. The molecule has 1 amide bonds. The van der Waals surface area contributed by atoms with E-state index >= 15 is 0 Å². The lowest BCUT2D eigenvalue weighted by atomic mass is 10.3. The van der Waals surface area contributed by atoms with Gasteiger partial charge in [0.25, 0.3) is 0 Å². The molecule has 6 nitrogen and oxygen atoms in total. The van der Waals surface area contributed by atoms with Crippen molar-refractivity contribution in [3.8, 4) is 0 Å². The van der Waals surface area contributed by atoms with Crippen LogP contribution in [0.1, 0.15) is 6.92 Å². The van der Waals surface area contributed by atoms with E-state index in [9.17, 15) is 4.79 Å². The molecule has 2 N–H and O–H groups in total. The van der Waals surface area contributed by atoms with Crippen LogP contribution in [-0.2, 0) is 19.0 Å². The highest BCUT2D eigenvalue weighted by atomic mass is 16.5. The molecule has 1 heterocycles. The topological polar surface area (TPSA) is 74.0 Å². The second-order valence-corrected chi connectivity index (χ2v) is 3.95. The monoisotopic (exact) mass is 246 g/mol. The van der Waals surface area contributed by atoms with Crippen molar-refractivity contribution in [1.82, 2.24) is 4.90 Å². The summed E-state index contributed by atoms with van der Waals surface area (Å²) in [6, 6.07) is -0.480. The van der Waals surface area contributed by atoms with E-state index in [1.54, 1.807) is 11.8 Å². The van der Waals surface area contributed by atoms with Crippen LogP contribution in [0.3, 0.4) is 0 Å². The lowest BCUT2D eigenvalue weighted by molar-refractivity contribution is -0.134. The van der Waals surface area contributed by atoms with Gasteiger partial charge < -0.3 is 24.8 Å². The zero-order valence-corrected chi connectivity index (χ0v) is 10.4. The molecule has 0 aliphatic carbocycles. The van der Waals surface area contributed by atoms with E-state index in [4.69, 9.17) is 19.9 Å². The number of hydrogen-bond acceptors (Lipinski definition) is 5. The minimum absolute atomic E-state index is 0.0643. The molecule has 0 aromatic carbocycles. The summed E-state index contributed by atoms with van der Waals surface area (Å²) in [6.07, 6.45) is 0. The van der Waals surface area contributed by atoms with Gasteiger partial charge in [0.2, 0.25) is 5.91 Å². The lowest BCUT2D eigenvalue weighted by Gasteiger charge is -2.24. The van der Waals surface area contributed by atoms with Gasteiger partial charge >= 0.3 is 0 Å². The number of rotatable bonds is 1. The Bertz CT molecular complexity index is 212. The Morgan fingerprint density at radius 3 is 1.82 bits per heavy atom. The first-order valence-electron chi connectivity index (χ1n) is 5.99. The van der Waals surface area contributed by atoms with Gasteiger partial charge in [0.15, 0.2) is 0 Å². The average molecular weight is 246 g/mol. The average Bonchev–Trinajstić information content (AvgIpc) is 2.29. The van der Waals surface area contributed by atoms with Crippen molar-refractivity contribution in [3.05, 3.63) is 0 Å². The SMILES string of the molecule is C[C@H](N)C(=O)N1CCOCCOCCOCC1. The molecule has 17 heavy (non-hydrogen) atoms. The maximum Gasteiger partial charge on any atom is 0.239 e. The molecule has 0 spiro atoms. The van der Waals surface area contributed by atoms with Crippen molar-refractivity contribution in [2.75, 3.05) is 52.7 Å². The lowest BCUT2D eigenvalue weighted by Crippen LogP contribution is -2.45. The fraction of sp³-hybridized carbons (Fsp3) is 0.909. The second kappa shape index (κ2) is 8.41. The zero-order valence-electron chi connectivity index (χ0n) is 10.4. The van der Waals surface area contributed by atoms with E-state index < -0.39 is 6.04 Å². The molecular weight excluding hydrogens is 224 g/mol. The third kappa shape index (κ3) is 5.97. The Morgan fingerprint density at radius 2 is 1.41 bits per heavy atom. The highest BCUT2D eigenvalue weighted by Crippen LogP contribution is 1.96. The maximum atomic E-state index is 11.8. The molecule has 0 aromatic rings. The van der Waals surface area contributed by atoms with E-state index in [2.05, 4.69) is 0 Å². The molecule has 1 saturated heterocycles. The molecule has 0 unspecified atom stereocenters. The number of ether oxygens (including phenoxy) is 3. The summed E-state index contributed by atoms with van der Waals surface area (Å²) in [5, 5.41) is 0. The Morgan fingerprint density at radius 1 is 1.00 bits per heavy atom. The number of carbonyl (C=O) groups is 1. The van der Waals surface area contributed by atoms with Gasteiger partial charge in [-0.2, -0.15) is 0 Å². The number of carbonyl (C=O) groups excluding carboxylic acids is 1. The van der Waals surface area contributed by atoms with Crippen LogP contribution in [-0.4, -0.2) is 69.6 Å². The minimum atomic E-state index is -0.480. The van der Waals surface area contributed by atoms with E-state index in [1.807, 2.05) is 0 Å². The van der Waals surface area contributed by atoms with Crippen molar-refractivity contribution in [3.63, 3.8) is 0 Å². The Labute approximate surface area is 102 Å². The van der Waals surface area contributed by atoms with Crippen molar-refractivity contribution in [2.24, 2.45) is 5.73 Å². The fourth-order valence-electron chi connectivity index (χ4n) is 1.51. The summed E-state index contributed by atoms with van der Waals surface area (Å²) < 4.78 is 16.0. The first-order chi connectivity index (χ1) is 8.22. The fourth-order valence-corrected chi connectivity index (χ4v) is 1.51. The Balaban J connectivity index is 2.39. The van der Waals surface area contributed by atoms with E-state index in [-0.39, 0.29) is 5.91 Å². The number of hydrogen-bond donors (Lipinski definition) is 1. The molecule has 0 saturated carbocycles. The van der Waals surface area contributed by atoms with Crippen molar-refractivity contribution >= 4 is 5.91 Å². The highest BCUT2D eigenvalue weighted by Gasteiger charge is 2.17. The summed E-state index contributed by atoms with van der Waals surface area (Å²) >= 11 is 0. The molecule has 1 rings (SSSR count). The number of amides is 1. The summed E-state index contributed by atoms with van der Waals surface area (Å²) in [5.41, 5.74) is 5.59. The van der Waals surface area contributed by atoms with Crippen molar-refractivity contribution in [2.45, 2.75) is 13.0 Å². The largest absolute Gasteiger partial charge is 0.377 e. The van der Waals surface area contributed by atoms with Gasteiger partial charge in [-0.05, 0) is 6.92 Å². The van der Waals surface area contributed by atoms with Crippen molar-refractivity contribution < 1.29 is 19.0 Å². The van der Waals surface area contributed by atoms with Crippen molar-refractivity contribution in [1.29, 1.82) is 0 Å². The number of nitrogens with zero attached hydrogens (tertiary/aromatic N) is 1. The Hall–Kier alpha value is -0.690. The highest BCUT2D eigenvalue weighted by molar-refractivity contribution is 5.81. The third-order valence-electron chi connectivity index (χ3n) is 2.46. The Kier molecular flexibility index (Phi) is 7.11. The van der Waals surface area contributed by atoms with Gasteiger partial charge in [0.1, 0.15) is 0 Å². The standard InChI is InChI=1S/C11H22N2O4/c1-10(12)11(14)13-2-4-15-6-8-17-9-7-16-5-3-13/h10H,2-9,12H2,1H3/t10-/m0/s1. The van der Waals surface area contributed by atoms with Gasteiger partial charge in [-0.15, -0.1) is 0 Å². The van der Waals surface area contributed by atoms with Gasteiger partial charge in [-0.25, -0.2) is 0 Å². The van der Waals surface area contributed by atoms with E-state index in [1.165, 1.54) is 0 Å². The number of nitrogens with two attached hydrogens (primary N) is 1. The van der Waals surface area contributed by atoms with Crippen LogP contribution in [0, 0.1) is 0 Å².